The molecule has 0 bridgehead atoms. The minimum absolute atomic E-state index is 0.0139. The molecule has 0 aromatic rings. The van der Waals surface area contributed by atoms with Gasteiger partial charge in [0.15, 0.2) is 0 Å². The maximum atomic E-state index is 11.3. The Labute approximate surface area is 82.8 Å². The molecule has 0 aromatic heterocycles. The zero-order valence-corrected chi connectivity index (χ0v) is 8.84. The van der Waals surface area contributed by atoms with E-state index in [4.69, 9.17) is 4.74 Å². The summed E-state index contributed by atoms with van der Waals surface area (Å²) in [5, 5.41) is 0. The van der Waals surface area contributed by atoms with E-state index in [2.05, 4.69) is 4.90 Å². The molecule has 2 aliphatic heterocycles. The molecule has 0 N–H and O–H groups in total. The number of rotatable bonds is 1. The van der Waals surface area contributed by atoms with Crippen molar-refractivity contribution in [2.24, 2.45) is 0 Å². The van der Waals surface area contributed by atoms with Gasteiger partial charge in [-0.1, -0.05) is 0 Å². The Morgan fingerprint density at radius 2 is 2.31 bits per heavy atom. The summed E-state index contributed by atoms with van der Waals surface area (Å²) in [6.07, 6.45) is 0.352. The lowest BCUT2D eigenvalue weighted by Crippen LogP contribution is -2.56. The van der Waals surface area contributed by atoms with E-state index >= 15 is 0 Å². The van der Waals surface area contributed by atoms with E-state index in [1.54, 1.807) is 6.92 Å². The molecule has 2 heterocycles. The number of carbonyl (C=O) groups is 1. The van der Waals surface area contributed by atoms with Crippen molar-refractivity contribution >= 4 is 17.5 Å². The highest BCUT2D eigenvalue weighted by molar-refractivity contribution is 7.99. The van der Waals surface area contributed by atoms with Crippen molar-refractivity contribution in [2.75, 3.05) is 25.2 Å². The fourth-order valence-corrected chi connectivity index (χ4v) is 3.41. The SMILES string of the molecule is CC(=O)C1COC2CSCC2N1C. The molecular weight excluding hydrogens is 186 g/mol. The van der Waals surface area contributed by atoms with Crippen molar-refractivity contribution in [1.82, 2.24) is 4.90 Å². The monoisotopic (exact) mass is 201 g/mol. The molecule has 0 saturated carbocycles. The second kappa shape index (κ2) is 3.59. The summed E-state index contributed by atoms with van der Waals surface area (Å²) in [5.74, 6) is 2.41. The number of carbonyl (C=O) groups excluding carboxylic acids is 1. The predicted octanol–water partition coefficient (Wildman–Crippen LogP) is 0.390. The van der Waals surface area contributed by atoms with Gasteiger partial charge in [0.05, 0.1) is 18.8 Å². The smallest absolute Gasteiger partial charge is 0.149 e. The van der Waals surface area contributed by atoms with Gasteiger partial charge in [-0.25, -0.2) is 0 Å². The molecule has 0 amide bonds. The molecule has 3 nitrogen and oxygen atoms in total. The number of thioether (sulfide) groups is 1. The minimum atomic E-state index is -0.0139. The maximum Gasteiger partial charge on any atom is 0.149 e. The van der Waals surface area contributed by atoms with E-state index in [-0.39, 0.29) is 11.8 Å². The quantitative estimate of drug-likeness (QED) is 0.614. The Kier molecular flexibility index (Phi) is 2.62. The van der Waals surface area contributed by atoms with Crippen LogP contribution in [0.4, 0.5) is 0 Å². The lowest BCUT2D eigenvalue weighted by atomic mass is 10.1. The molecule has 4 heteroatoms. The summed E-state index contributed by atoms with van der Waals surface area (Å²) in [5.41, 5.74) is 0. The number of likely N-dealkylation sites (N-methyl/N-ethyl adjacent to an activating group) is 1. The van der Waals surface area contributed by atoms with Crippen LogP contribution in [0.3, 0.4) is 0 Å². The molecule has 0 radical (unpaired) electrons. The van der Waals surface area contributed by atoms with Crippen LogP contribution >= 0.6 is 11.8 Å². The van der Waals surface area contributed by atoms with E-state index in [0.717, 1.165) is 11.5 Å². The van der Waals surface area contributed by atoms with Crippen molar-refractivity contribution in [3.05, 3.63) is 0 Å². The van der Waals surface area contributed by atoms with Crippen molar-refractivity contribution in [2.45, 2.75) is 25.1 Å². The van der Waals surface area contributed by atoms with Gasteiger partial charge < -0.3 is 4.74 Å². The van der Waals surface area contributed by atoms with Gasteiger partial charge in [-0.05, 0) is 14.0 Å². The van der Waals surface area contributed by atoms with Gasteiger partial charge in [0.25, 0.3) is 0 Å². The van der Waals surface area contributed by atoms with E-state index in [1.807, 2.05) is 18.8 Å². The number of morpholine rings is 1. The zero-order valence-electron chi connectivity index (χ0n) is 8.03. The molecule has 2 rings (SSSR count). The van der Waals surface area contributed by atoms with E-state index in [9.17, 15) is 4.79 Å². The van der Waals surface area contributed by atoms with Gasteiger partial charge in [0, 0.05) is 17.5 Å². The Balaban J connectivity index is 2.08. The summed E-state index contributed by atoms with van der Waals surface area (Å²) in [4.78, 5) is 13.5. The summed E-state index contributed by atoms with van der Waals surface area (Å²) < 4.78 is 5.66. The van der Waals surface area contributed by atoms with Gasteiger partial charge in [-0.3, -0.25) is 9.69 Å². The topological polar surface area (TPSA) is 29.5 Å². The van der Waals surface area contributed by atoms with Gasteiger partial charge in [-0.2, -0.15) is 11.8 Å². The van der Waals surface area contributed by atoms with Gasteiger partial charge in [0.2, 0.25) is 0 Å². The summed E-state index contributed by atoms with van der Waals surface area (Å²) in [6.45, 7) is 2.22. The number of ether oxygens (including phenoxy) is 1. The first-order valence-electron chi connectivity index (χ1n) is 4.62. The van der Waals surface area contributed by atoms with Crippen molar-refractivity contribution in [1.29, 1.82) is 0 Å². The highest BCUT2D eigenvalue weighted by Crippen LogP contribution is 2.29. The van der Waals surface area contributed by atoms with E-state index in [0.29, 0.717) is 18.8 Å². The molecule has 3 unspecified atom stereocenters. The van der Waals surface area contributed by atoms with Gasteiger partial charge in [0.1, 0.15) is 5.78 Å². The first-order valence-corrected chi connectivity index (χ1v) is 5.77. The first kappa shape index (κ1) is 9.49. The highest BCUT2D eigenvalue weighted by atomic mass is 32.2. The highest BCUT2D eigenvalue weighted by Gasteiger charge is 2.40. The van der Waals surface area contributed by atoms with Crippen molar-refractivity contribution < 1.29 is 9.53 Å². The van der Waals surface area contributed by atoms with Crippen molar-refractivity contribution in [3.8, 4) is 0 Å². The Bertz CT molecular complexity index is 222. The number of nitrogens with zero attached hydrogens (tertiary/aromatic N) is 1. The van der Waals surface area contributed by atoms with Gasteiger partial charge in [-0.15, -0.1) is 0 Å². The summed E-state index contributed by atoms with van der Waals surface area (Å²) >= 11 is 1.92. The summed E-state index contributed by atoms with van der Waals surface area (Å²) in [7, 11) is 2.04. The van der Waals surface area contributed by atoms with Crippen LogP contribution in [-0.2, 0) is 9.53 Å². The third-order valence-electron chi connectivity index (χ3n) is 2.95. The first-order chi connectivity index (χ1) is 6.20. The van der Waals surface area contributed by atoms with Crippen LogP contribution in [0.25, 0.3) is 0 Å². The third kappa shape index (κ3) is 1.63. The number of hydrogen-bond acceptors (Lipinski definition) is 4. The standard InChI is InChI=1S/C9H15NO2S/c1-6(11)7-3-12-9-5-13-4-8(9)10(7)2/h7-9H,3-5H2,1-2H3. The second-order valence-electron chi connectivity index (χ2n) is 3.77. The maximum absolute atomic E-state index is 11.3. The van der Waals surface area contributed by atoms with Crippen LogP contribution in [0.2, 0.25) is 0 Å². The van der Waals surface area contributed by atoms with Crippen LogP contribution in [-0.4, -0.2) is 54.0 Å². The molecule has 74 valence electrons. The minimum Gasteiger partial charge on any atom is -0.374 e. The molecule has 2 aliphatic rings. The normalized spacial score (nSPS) is 40.3. The molecule has 2 saturated heterocycles. The average Bonchev–Trinajstić information content (AvgIpc) is 2.52. The molecule has 0 aromatic carbocycles. The van der Waals surface area contributed by atoms with E-state index in [1.165, 1.54) is 0 Å². The third-order valence-corrected chi connectivity index (χ3v) is 4.09. The number of fused-ring (bicyclic) bond motifs is 1. The molecule has 0 aliphatic carbocycles. The summed E-state index contributed by atoms with van der Waals surface area (Å²) in [6, 6.07) is 0.438. The number of Topliss-reactive ketones (excluding diaryl/α,β-unsaturated/α-hetero) is 1. The lowest BCUT2D eigenvalue weighted by Gasteiger charge is -2.39. The molecule has 3 atom stereocenters. The largest absolute Gasteiger partial charge is 0.374 e. The predicted molar refractivity (Wildman–Crippen MR) is 53.1 cm³/mol. The lowest BCUT2D eigenvalue weighted by molar-refractivity contribution is -0.134. The molecule has 13 heavy (non-hydrogen) atoms. The van der Waals surface area contributed by atoms with Crippen molar-refractivity contribution in [3.63, 3.8) is 0 Å². The zero-order chi connectivity index (χ0) is 9.42. The fraction of sp³-hybridized carbons (Fsp3) is 0.889. The Morgan fingerprint density at radius 3 is 3.00 bits per heavy atom. The Morgan fingerprint density at radius 1 is 1.54 bits per heavy atom. The van der Waals surface area contributed by atoms with Crippen LogP contribution < -0.4 is 0 Å². The average molecular weight is 201 g/mol. The second-order valence-corrected chi connectivity index (χ2v) is 4.84. The number of ketones is 1. The molecule has 0 spiro atoms. The van der Waals surface area contributed by atoms with E-state index < -0.39 is 0 Å². The number of hydrogen-bond donors (Lipinski definition) is 0. The van der Waals surface area contributed by atoms with Crippen LogP contribution in [0, 0.1) is 0 Å². The fourth-order valence-electron chi connectivity index (χ4n) is 2.03. The van der Waals surface area contributed by atoms with Crippen LogP contribution in [0.5, 0.6) is 0 Å². The van der Waals surface area contributed by atoms with Crippen LogP contribution in [0.15, 0.2) is 0 Å². The Hall–Kier alpha value is -0.0600. The molecular formula is C9H15NO2S. The molecule has 2 fully saturated rings. The van der Waals surface area contributed by atoms with Gasteiger partial charge >= 0.3 is 0 Å². The van der Waals surface area contributed by atoms with Crippen LogP contribution in [0.1, 0.15) is 6.92 Å².